The van der Waals surface area contributed by atoms with Crippen molar-refractivity contribution in [3.05, 3.63) is 70.6 Å². The van der Waals surface area contributed by atoms with Gasteiger partial charge in [-0.1, -0.05) is 38.1 Å². The first kappa shape index (κ1) is 20.2. The summed E-state index contributed by atoms with van der Waals surface area (Å²) in [4.78, 5) is 26.6. The molecule has 0 fully saturated rings. The summed E-state index contributed by atoms with van der Waals surface area (Å²) in [7, 11) is 0. The van der Waals surface area contributed by atoms with Gasteiger partial charge in [-0.25, -0.2) is 0 Å². The Morgan fingerprint density at radius 1 is 1.13 bits per heavy atom. The second-order valence-corrected chi connectivity index (χ2v) is 8.48. The largest absolute Gasteiger partial charge is 0.488 e. The van der Waals surface area contributed by atoms with Gasteiger partial charge in [-0.3, -0.25) is 9.59 Å². The molecule has 1 atom stereocenters. The molecule has 0 aliphatic carbocycles. The van der Waals surface area contributed by atoms with Crippen LogP contribution in [-0.2, 0) is 17.9 Å². The summed E-state index contributed by atoms with van der Waals surface area (Å²) in [5.41, 5.74) is 3.75. The van der Waals surface area contributed by atoms with Crippen LogP contribution in [0.1, 0.15) is 41.1 Å². The number of thiophene rings is 1. The van der Waals surface area contributed by atoms with Crippen LogP contribution in [0.25, 0.3) is 10.4 Å². The highest BCUT2D eigenvalue weighted by Gasteiger charge is 2.22. The molecule has 5 nitrogen and oxygen atoms in total. The summed E-state index contributed by atoms with van der Waals surface area (Å²) >= 11 is 1.49. The van der Waals surface area contributed by atoms with Crippen molar-refractivity contribution in [2.24, 2.45) is 5.92 Å². The van der Waals surface area contributed by atoms with Gasteiger partial charge in [0, 0.05) is 34.2 Å². The number of carbonyl (C=O) groups is 2. The van der Waals surface area contributed by atoms with Gasteiger partial charge in [0.1, 0.15) is 12.4 Å². The Kier molecular flexibility index (Phi) is 5.86. The van der Waals surface area contributed by atoms with Crippen molar-refractivity contribution in [1.29, 1.82) is 0 Å². The molecule has 1 aromatic heterocycles. The van der Waals surface area contributed by atoms with Crippen LogP contribution in [0.2, 0.25) is 0 Å². The van der Waals surface area contributed by atoms with E-state index in [4.69, 9.17) is 4.74 Å². The first-order chi connectivity index (χ1) is 14.5. The maximum Gasteiger partial charge on any atom is 0.261 e. The lowest BCUT2D eigenvalue weighted by Gasteiger charge is -2.16. The van der Waals surface area contributed by atoms with E-state index in [1.54, 1.807) is 0 Å². The highest BCUT2D eigenvalue weighted by Crippen LogP contribution is 2.42. The Morgan fingerprint density at radius 2 is 1.97 bits per heavy atom. The van der Waals surface area contributed by atoms with E-state index >= 15 is 0 Å². The van der Waals surface area contributed by atoms with E-state index in [0.29, 0.717) is 18.0 Å². The molecule has 2 amide bonds. The minimum Gasteiger partial charge on any atom is -0.488 e. The number of para-hydroxylation sites is 1. The van der Waals surface area contributed by atoms with E-state index in [1.807, 2.05) is 68.4 Å². The van der Waals surface area contributed by atoms with Crippen molar-refractivity contribution in [2.75, 3.05) is 5.32 Å². The van der Waals surface area contributed by atoms with Gasteiger partial charge in [-0.05, 0) is 42.3 Å². The van der Waals surface area contributed by atoms with Crippen molar-refractivity contribution in [3.8, 4) is 16.2 Å². The molecular weight excluding hydrogens is 396 g/mol. The summed E-state index contributed by atoms with van der Waals surface area (Å²) in [5, 5.41) is 5.91. The molecule has 0 saturated heterocycles. The molecule has 0 bridgehead atoms. The van der Waals surface area contributed by atoms with Gasteiger partial charge in [0.25, 0.3) is 5.91 Å². The number of nitrogens with one attached hydrogen (secondary N) is 2. The number of ether oxygens (including phenoxy) is 1. The Morgan fingerprint density at radius 3 is 2.80 bits per heavy atom. The molecule has 1 aliphatic heterocycles. The maximum absolute atomic E-state index is 12.7. The van der Waals surface area contributed by atoms with Gasteiger partial charge >= 0.3 is 0 Å². The average molecular weight is 421 g/mol. The summed E-state index contributed by atoms with van der Waals surface area (Å²) in [6, 6.07) is 17.4. The van der Waals surface area contributed by atoms with Crippen LogP contribution in [0, 0.1) is 5.92 Å². The number of benzene rings is 2. The van der Waals surface area contributed by atoms with Gasteiger partial charge in [0.15, 0.2) is 0 Å². The molecule has 4 rings (SSSR count). The monoisotopic (exact) mass is 420 g/mol. The van der Waals surface area contributed by atoms with Crippen LogP contribution >= 0.6 is 11.3 Å². The number of rotatable bonds is 6. The first-order valence-electron chi connectivity index (χ1n) is 10.1. The third kappa shape index (κ3) is 4.24. The molecule has 6 heteroatoms. The molecule has 2 heterocycles. The van der Waals surface area contributed by atoms with E-state index in [9.17, 15) is 9.59 Å². The zero-order valence-electron chi connectivity index (χ0n) is 17.0. The molecule has 3 aromatic rings. The van der Waals surface area contributed by atoms with E-state index in [1.165, 1.54) is 11.3 Å². The van der Waals surface area contributed by atoms with Gasteiger partial charge in [0.05, 0.1) is 4.88 Å². The van der Waals surface area contributed by atoms with Crippen LogP contribution in [0.15, 0.2) is 54.6 Å². The van der Waals surface area contributed by atoms with Crippen LogP contribution in [-0.4, -0.2) is 11.8 Å². The predicted octanol–water partition coefficient (Wildman–Crippen LogP) is 5.22. The smallest absolute Gasteiger partial charge is 0.261 e. The SMILES string of the molecule is CCC(C)C(=O)Nc1cccc(CNC(=O)c2cc3c(s2)-c2ccccc2OC3)c1. The summed E-state index contributed by atoms with van der Waals surface area (Å²) < 4.78 is 5.78. The van der Waals surface area contributed by atoms with Crippen LogP contribution in [0.3, 0.4) is 0 Å². The second-order valence-electron chi connectivity index (χ2n) is 7.43. The quantitative estimate of drug-likeness (QED) is 0.574. The molecular formula is C24H24N2O3S. The normalized spacial score (nSPS) is 12.9. The lowest BCUT2D eigenvalue weighted by atomic mass is 10.1. The summed E-state index contributed by atoms with van der Waals surface area (Å²) in [6.45, 7) is 4.77. The lowest BCUT2D eigenvalue weighted by Crippen LogP contribution is -2.22. The Labute approximate surface area is 180 Å². The Balaban J connectivity index is 1.42. The molecule has 154 valence electrons. The number of hydrogen-bond acceptors (Lipinski definition) is 4. The summed E-state index contributed by atoms with van der Waals surface area (Å²) in [6.07, 6.45) is 0.794. The minimum atomic E-state index is -0.110. The fourth-order valence-corrected chi connectivity index (χ4v) is 4.40. The Hall–Kier alpha value is -3.12. The van der Waals surface area contributed by atoms with E-state index < -0.39 is 0 Å². The van der Waals surface area contributed by atoms with Gasteiger partial charge in [0.2, 0.25) is 5.91 Å². The molecule has 2 N–H and O–H groups in total. The minimum absolute atomic E-state index is 0.00496. The fourth-order valence-electron chi connectivity index (χ4n) is 3.29. The first-order valence-corrected chi connectivity index (χ1v) is 10.9. The van der Waals surface area contributed by atoms with Crippen molar-refractivity contribution < 1.29 is 14.3 Å². The van der Waals surface area contributed by atoms with Crippen molar-refractivity contribution in [3.63, 3.8) is 0 Å². The van der Waals surface area contributed by atoms with E-state index in [0.717, 1.165) is 39.4 Å². The van der Waals surface area contributed by atoms with Gasteiger partial charge in [-0.15, -0.1) is 11.3 Å². The topological polar surface area (TPSA) is 67.4 Å². The van der Waals surface area contributed by atoms with Crippen molar-refractivity contribution >= 4 is 28.8 Å². The lowest BCUT2D eigenvalue weighted by molar-refractivity contribution is -0.119. The zero-order valence-corrected chi connectivity index (χ0v) is 17.8. The van der Waals surface area contributed by atoms with Crippen LogP contribution in [0.5, 0.6) is 5.75 Å². The van der Waals surface area contributed by atoms with E-state index in [-0.39, 0.29) is 17.7 Å². The molecule has 30 heavy (non-hydrogen) atoms. The van der Waals surface area contributed by atoms with Crippen LogP contribution < -0.4 is 15.4 Å². The Bertz CT molecular complexity index is 1090. The maximum atomic E-state index is 12.7. The molecule has 2 aromatic carbocycles. The van der Waals surface area contributed by atoms with Gasteiger partial charge in [-0.2, -0.15) is 0 Å². The molecule has 0 radical (unpaired) electrons. The van der Waals surface area contributed by atoms with Gasteiger partial charge < -0.3 is 15.4 Å². The molecule has 0 saturated carbocycles. The average Bonchev–Trinajstić information content (AvgIpc) is 3.22. The summed E-state index contributed by atoms with van der Waals surface area (Å²) in [5.74, 6) is 0.716. The van der Waals surface area contributed by atoms with Crippen molar-refractivity contribution in [1.82, 2.24) is 5.32 Å². The number of amides is 2. The number of anilines is 1. The molecule has 0 spiro atoms. The zero-order chi connectivity index (χ0) is 21.1. The number of hydrogen-bond donors (Lipinski definition) is 2. The highest BCUT2D eigenvalue weighted by molar-refractivity contribution is 7.17. The molecule has 1 unspecified atom stereocenters. The standard InChI is InChI=1S/C24H24N2O3S/c1-3-15(2)23(27)26-18-8-6-7-16(11-18)13-25-24(28)21-12-17-14-29-20-10-5-4-9-19(20)22(17)30-21/h4-12,15H,3,13-14H2,1-2H3,(H,25,28)(H,26,27). The predicted molar refractivity (Wildman–Crippen MR) is 120 cm³/mol. The fraction of sp³-hybridized carbons (Fsp3) is 0.250. The third-order valence-corrected chi connectivity index (χ3v) is 6.46. The highest BCUT2D eigenvalue weighted by atomic mass is 32.1. The van der Waals surface area contributed by atoms with Crippen LogP contribution in [0.4, 0.5) is 5.69 Å². The number of fused-ring (bicyclic) bond motifs is 3. The van der Waals surface area contributed by atoms with E-state index in [2.05, 4.69) is 10.6 Å². The molecule has 1 aliphatic rings. The number of carbonyl (C=O) groups excluding carboxylic acids is 2. The second kappa shape index (κ2) is 8.71. The van der Waals surface area contributed by atoms with Crippen molar-refractivity contribution in [2.45, 2.75) is 33.4 Å². The third-order valence-electron chi connectivity index (χ3n) is 5.26.